The number of rotatable bonds is 6. The Hall–Kier alpha value is -0.870. The summed E-state index contributed by atoms with van der Waals surface area (Å²) in [6.07, 6.45) is 2.49. The normalized spacial score (nSPS) is 22.0. The van der Waals surface area contributed by atoms with Crippen LogP contribution in [-0.4, -0.2) is 6.54 Å². The van der Waals surface area contributed by atoms with E-state index in [0.717, 1.165) is 18.4 Å². The Morgan fingerprint density at radius 3 is 2.52 bits per heavy atom. The minimum Gasteiger partial charge on any atom is -0.310 e. The lowest BCUT2D eigenvalue weighted by molar-refractivity contribution is 0.471. The summed E-state index contributed by atoms with van der Waals surface area (Å²) in [6, 6.07) is 20.3. The highest BCUT2D eigenvalue weighted by atomic mass is 127. The highest BCUT2D eigenvalue weighted by Crippen LogP contribution is 2.54. The molecule has 1 aliphatic rings. The van der Waals surface area contributed by atoms with Crippen molar-refractivity contribution in [1.29, 1.82) is 0 Å². The summed E-state index contributed by atoms with van der Waals surface area (Å²) < 4.78 is 1.38. The molecule has 1 nitrogen and oxygen atoms in total. The highest BCUT2D eigenvalue weighted by molar-refractivity contribution is 14.1. The second-order valence-electron chi connectivity index (χ2n) is 5.87. The molecular weight excluding hydrogens is 369 g/mol. The maximum atomic E-state index is 3.78. The Kier molecular flexibility index (Phi) is 4.96. The van der Waals surface area contributed by atoms with E-state index in [-0.39, 0.29) is 0 Å². The Morgan fingerprint density at radius 1 is 1.10 bits per heavy atom. The third-order valence-corrected chi connectivity index (χ3v) is 5.33. The first-order valence-electron chi connectivity index (χ1n) is 7.84. The van der Waals surface area contributed by atoms with E-state index < -0.39 is 0 Å². The van der Waals surface area contributed by atoms with Crippen LogP contribution in [0.15, 0.2) is 54.6 Å². The summed E-state index contributed by atoms with van der Waals surface area (Å²) in [6.45, 7) is 3.33. The molecule has 1 saturated carbocycles. The molecule has 1 aliphatic carbocycles. The molecule has 2 aromatic rings. The lowest BCUT2D eigenvalue weighted by atomic mass is 9.98. The van der Waals surface area contributed by atoms with Crippen molar-refractivity contribution in [3.8, 4) is 0 Å². The number of benzene rings is 2. The quantitative estimate of drug-likeness (QED) is 0.673. The minimum atomic E-state index is 0.489. The van der Waals surface area contributed by atoms with Crippen LogP contribution >= 0.6 is 22.6 Å². The summed E-state index contributed by atoms with van der Waals surface area (Å²) in [5.74, 6) is 1.45. The molecule has 2 aromatic carbocycles. The van der Waals surface area contributed by atoms with E-state index >= 15 is 0 Å². The molecule has 0 bridgehead atoms. The lowest BCUT2D eigenvalue weighted by Crippen LogP contribution is -2.25. The van der Waals surface area contributed by atoms with Crippen molar-refractivity contribution in [3.63, 3.8) is 0 Å². The Labute approximate surface area is 141 Å². The molecule has 3 unspecified atom stereocenters. The monoisotopic (exact) mass is 391 g/mol. The molecule has 0 radical (unpaired) electrons. The van der Waals surface area contributed by atoms with Crippen molar-refractivity contribution in [3.05, 3.63) is 69.3 Å². The van der Waals surface area contributed by atoms with Crippen LogP contribution in [-0.2, 0) is 0 Å². The van der Waals surface area contributed by atoms with Gasteiger partial charge in [0.05, 0.1) is 0 Å². The van der Waals surface area contributed by atoms with Gasteiger partial charge in [-0.2, -0.15) is 0 Å². The maximum Gasteiger partial charge on any atom is 0.0365 e. The average Bonchev–Trinajstić information content (AvgIpc) is 3.31. The van der Waals surface area contributed by atoms with Crippen molar-refractivity contribution in [1.82, 2.24) is 5.32 Å². The number of halogens is 1. The molecular formula is C19H22IN. The molecule has 1 N–H and O–H groups in total. The smallest absolute Gasteiger partial charge is 0.0365 e. The van der Waals surface area contributed by atoms with Gasteiger partial charge in [0, 0.05) is 9.61 Å². The number of hydrogen-bond donors (Lipinski definition) is 1. The molecule has 0 heterocycles. The zero-order chi connectivity index (χ0) is 14.7. The third kappa shape index (κ3) is 3.49. The first kappa shape index (κ1) is 15.0. The van der Waals surface area contributed by atoms with Gasteiger partial charge in [0.15, 0.2) is 0 Å². The molecule has 21 heavy (non-hydrogen) atoms. The van der Waals surface area contributed by atoms with E-state index in [0.29, 0.717) is 6.04 Å². The van der Waals surface area contributed by atoms with E-state index in [1.54, 1.807) is 0 Å². The van der Waals surface area contributed by atoms with Crippen molar-refractivity contribution >= 4 is 22.6 Å². The van der Waals surface area contributed by atoms with E-state index in [4.69, 9.17) is 0 Å². The van der Waals surface area contributed by atoms with Crippen LogP contribution in [0.1, 0.15) is 42.9 Å². The molecule has 0 spiro atoms. The SMILES string of the molecule is CCCNC(c1ccccc1I)C1CC1c1ccccc1. The van der Waals surface area contributed by atoms with Crippen molar-refractivity contribution in [2.75, 3.05) is 6.54 Å². The molecule has 110 valence electrons. The van der Waals surface area contributed by atoms with E-state index in [1.807, 2.05) is 0 Å². The van der Waals surface area contributed by atoms with Crippen LogP contribution in [0.4, 0.5) is 0 Å². The van der Waals surface area contributed by atoms with Crippen LogP contribution in [0.2, 0.25) is 0 Å². The van der Waals surface area contributed by atoms with Gasteiger partial charge in [-0.25, -0.2) is 0 Å². The van der Waals surface area contributed by atoms with Gasteiger partial charge in [-0.05, 0) is 71.0 Å². The summed E-state index contributed by atoms with van der Waals surface area (Å²) in [7, 11) is 0. The second-order valence-corrected chi connectivity index (χ2v) is 7.03. The summed E-state index contributed by atoms with van der Waals surface area (Å²) in [4.78, 5) is 0. The van der Waals surface area contributed by atoms with Crippen LogP contribution < -0.4 is 5.32 Å². The van der Waals surface area contributed by atoms with Gasteiger partial charge >= 0.3 is 0 Å². The molecule has 3 atom stereocenters. The Morgan fingerprint density at radius 2 is 1.81 bits per heavy atom. The fourth-order valence-corrected chi connectivity index (χ4v) is 3.91. The standard InChI is InChI=1S/C19H22IN/c1-2-12-21-19(15-10-6-7-11-18(15)20)17-13-16(17)14-8-4-3-5-9-14/h3-11,16-17,19,21H,2,12-13H2,1H3. The molecule has 1 fully saturated rings. The fourth-order valence-electron chi connectivity index (χ4n) is 3.19. The number of nitrogens with one attached hydrogen (secondary N) is 1. The average molecular weight is 391 g/mol. The van der Waals surface area contributed by atoms with Crippen LogP contribution in [0.3, 0.4) is 0 Å². The molecule has 0 aliphatic heterocycles. The summed E-state index contributed by atoms with van der Waals surface area (Å²) >= 11 is 2.47. The van der Waals surface area contributed by atoms with Crippen LogP contribution in [0.5, 0.6) is 0 Å². The van der Waals surface area contributed by atoms with Crippen molar-refractivity contribution < 1.29 is 0 Å². The molecule has 0 saturated heterocycles. The predicted molar refractivity (Wildman–Crippen MR) is 97.5 cm³/mol. The van der Waals surface area contributed by atoms with E-state index in [2.05, 4.69) is 89.4 Å². The molecule has 2 heteroatoms. The predicted octanol–water partition coefficient (Wildman–Crippen LogP) is 5.14. The van der Waals surface area contributed by atoms with Gasteiger partial charge in [-0.1, -0.05) is 55.5 Å². The van der Waals surface area contributed by atoms with Crippen LogP contribution in [0, 0.1) is 9.49 Å². The van der Waals surface area contributed by atoms with Gasteiger partial charge in [0.1, 0.15) is 0 Å². The molecule has 0 amide bonds. The van der Waals surface area contributed by atoms with Crippen molar-refractivity contribution in [2.45, 2.75) is 31.7 Å². The molecule has 0 aromatic heterocycles. The topological polar surface area (TPSA) is 12.0 Å². The zero-order valence-corrected chi connectivity index (χ0v) is 14.6. The maximum absolute atomic E-state index is 3.78. The zero-order valence-electron chi connectivity index (χ0n) is 12.4. The number of hydrogen-bond acceptors (Lipinski definition) is 1. The van der Waals surface area contributed by atoms with E-state index in [1.165, 1.54) is 27.5 Å². The summed E-state index contributed by atoms with van der Waals surface area (Å²) in [5.41, 5.74) is 2.96. The van der Waals surface area contributed by atoms with Crippen LogP contribution in [0.25, 0.3) is 0 Å². The van der Waals surface area contributed by atoms with Gasteiger partial charge in [-0.15, -0.1) is 0 Å². The lowest BCUT2D eigenvalue weighted by Gasteiger charge is -2.21. The Bertz CT molecular complexity index is 581. The van der Waals surface area contributed by atoms with Gasteiger partial charge in [0.2, 0.25) is 0 Å². The fraction of sp³-hybridized carbons (Fsp3) is 0.368. The second kappa shape index (κ2) is 6.93. The first-order chi connectivity index (χ1) is 10.3. The summed E-state index contributed by atoms with van der Waals surface area (Å²) in [5, 5.41) is 3.78. The Balaban J connectivity index is 1.80. The van der Waals surface area contributed by atoms with Gasteiger partial charge in [0.25, 0.3) is 0 Å². The molecule has 3 rings (SSSR count). The van der Waals surface area contributed by atoms with Gasteiger partial charge < -0.3 is 5.32 Å². The van der Waals surface area contributed by atoms with E-state index in [9.17, 15) is 0 Å². The van der Waals surface area contributed by atoms with Crippen molar-refractivity contribution in [2.24, 2.45) is 5.92 Å². The third-order valence-electron chi connectivity index (χ3n) is 4.35. The van der Waals surface area contributed by atoms with Gasteiger partial charge in [-0.3, -0.25) is 0 Å². The highest BCUT2D eigenvalue weighted by Gasteiger charge is 2.44. The minimum absolute atomic E-state index is 0.489. The first-order valence-corrected chi connectivity index (χ1v) is 8.92. The largest absolute Gasteiger partial charge is 0.310 e.